The molecule has 0 N–H and O–H groups in total. The maximum Gasteiger partial charge on any atom is 0.123 e. The molecule has 2 aromatic rings. The van der Waals surface area contributed by atoms with Crippen LogP contribution < -0.4 is 0 Å². The molecule has 3 heteroatoms. The first-order valence-electron chi connectivity index (χ1n) is 4.35. The van der Waals surface area contributed by atoms with Crippen LogP contribution in [0.15, 0.2) is 23.6 Å². The summed E-state index contributed by atoms with van der Waals surface area (Å²) in [5.74, 6) is -0.210. The predicted molar refractivity (Wildman–Crippen MR) is 57.0 cm³/mol. The topological polar surface area (TPSA) is 12.9 Å². The first-order valence-corrected chi connectivity index (χ1v) is 5.23. The summed E-state index contributed by atoms with van der Waals surface area (Å²) < 4.78 is 13.0. The first-order chi connectivity index (χ1) is 6.66. The molecule has 0 unspecified atom stereocenters. The van der Waals surface area contributed by atoms with Crippen molar-refractivity contribution in [3.05, 3.63) is 40.7 Å². The highest BCUT2D eigenvalue weighted by Crippen LogP contribution is 2.27. The van der Waals surface area contributed by atoms with Gasteiger partial charge in [0.15, 0.2) is 0 Å². The number of rotatable bonds is 1. The number of hydrogen-bond donors (Lipinski definition) is 0. The molecule has 1 aromatic heterocycles. The van der Waals surface area contributed by atoms with E-state index < -0.39 is 0 Å². The van der Waals surface area contributed by atoms with Crippen molar-refractivity contribution < 1.29 is 4.39 Å². The molecule has 0 aliphatic carbocycles. The largest absolute Gasteiger partial charge is 0.241 e. The highest BCUT2D eigenvalue weighted by molar-refractivity contribution is 7.13. The van der Waals surface area contributed by atoms with Crippen LogP contribution in [-0.2, 0) is 0 Å². The maximum absolute atomic E-state index is 13.0. The molecule has 2 rings (SSSR count). The van der Waals surface area contributed by atoms with Crippen molar-refractivity contribution in [2.45, 2.75) is 13.8 Å². The lowest BCUT2D eigenvalue weighted by molar-refractivity contribution is 0.628. The molecule has 0 fully saturated rings. The molecule has 1 heterocycles. The zero-order valence-corrected chi connectivity index (χ0v) is 8.86. The summed E-state index contributed by atoms with van der Waals surface area (Å²) in [6, 6.07) is 4.79. The van der Waals surface area contributed by atoms with E-state index >= 15 is 0 Å². The summed E-state index contributed by atoms with van der Waals surface area (Å²) in [6.45, 7) is 3.90. The molecule has 72 valence electrons. The molecule has 0 saturated carbocycles. The Morgan fingerprint density at radius 2 is 2.07 bits per heavy atom. The molecule has 0 bridgehead atoms. The SMILES string of the molecule is Cc1csc(-c2cc(F)ccc2C)n1. The van der Waals surface area contributed by atoms with Gasteiger partial charge in [0.2, 0.25) is 0 Å². The smallest absolute Gasteiger partial charge is 0.123 e. The van der Waals surface area contributed by atoms with Gasteiger partial charge >= 0.3 is 0 Å². The molecule has 1 aromatic carbocycles. The molecular formula is C11H10FNS. The van der Waals surface area contributed by atoms with E-state index in [1.807, 2.05) is 19.2 Å². The number of hydrogen-bond acceptors (Lipinski definition) is 2. The Labute approximate surface area is 86.2 Å². The van der Waals surface area contributed by atoms with E-state index in [0.29, 0.717) is 0 Å². The second-order valence-corrected chi connectivity index (χ2v) is 4.11. The quantitative estimate of drug-likeness (QED) is 0.696. The highest BCUT2D eigenvalue weighted by atomic mass is 32.1. The van der Waals surface area contributed by atoms with Gasteiger partial charge in [-0.2, -0.15) is 0 Å². The fourth-order valence-electron chi connectivity index (χ4n) is 1.30. The lowest BCUT2D eigenvalue weighted by Crippen LogP contribution is -1.84. The van der Waals surface area contributed by atoms with E-state index in [-0.39, 0.29) is 5.82 Å². The van der Waals surface area contributed by atoms with Crippen molar-refractivity contribution in [3.8, 4) is 10.6 Å². The van der Waals surface area contributed by atoms with E-state index in [0.717, 1.165) is 21.8 Å². The Kier molecular flexibility index (Phi) is 2.33. The van der Waals surface area contributed by atoms with Crippen molar-refractivity contribution >= 4 is 11.3 Å². The number of aromatic nitrogens is 1. The van der Waals surface area contributed by atoms with Crippen LogP contribution in [0.4, 0.5) is 4.39 Å². The van der Waals surface area contributed by atoms with Crippen LogP contribution in [-0.4, -0.2) is 4.98 Å². The van der Waals surface area contributed by atoms with Crippen molar-refractivity contribution in [3.63, 3.8) is 0 Å². The molecule has 0 spiro atoms. The summed E-state index contributed by atoms with van der Waals surface area (Å²) in [4.78, 5) is 4.33. The minimum atomic E-state index is -0.210. The van der Waals surface area contributed by atoms with Crippen molar-refractivity contribution in [1.29, 1.82) is 0 Å². The number of halogens is 1. The molecule has 1 nitrogen and oxygen atoms in total. The molecule has 0 aliphatic heterocycles. The van der Waals surface area contributed by atoms with Crippen LogP contribution >= 0.6 is 11.3 Å². The Bertz CT molecular complexity index is 462. The number of benzene rings is 1. The van der Waals surface area contributed by atoms with Crippen LogP contribution in [0.1, 0.15) is 11.3 Å². The van der Waals surface area contributed by atoms with Crippen molar-refractivity contribution in [2.75, 3.05) is 0 Å². The second-order valence-electron chi connectivity index (χ2n) is 3.25. The zero-order valence-electron chi connectivity index (χ0n) is 8.04. The molecule has 0 amide bonds. The molecule has 0 atom stereocenters. The minimum Gasteiger partial charge on any atom is -0.241 e. The van der Waals surface area contributed by atoms with Gasteiger partial charge in [-0.3, -0.25) is 0 Å². The Morgan fingerprint density at radius 1 is 1.29 bits per heavy atom. The van der Waals surface area contributed by atoms with E-state index in [4.69, 9.17) is 0 Å². The predicted octanol–water partition coefficient (Wildman–Crippen LogP) is 3.57. The Morgan fingerprint density at radius 3 is 2.71 bits per heavy atom. The standard InChI is InChI=1S/C11H10FNS/c1-7-3-4-9(12)5-10(7)11-13-8(2)6-14-11/h3-6H,1-2H3. The van der Waals surface area contributed by atoms with Gasteiger partial charge in [-0.15, -0.1) is 11.3 Å². The van der Waals surface area contributed by atoms with Gasteiger partial charge in [-0.25, -0.2) is 9.37 Å². The number of aryl methyl sites for hydroxylation is 2. The van der Waals surface area contributed by atoms with E-state index in [2.05, 4.69) is 4.98 Å². The average molecular weight is 207 g/mol. The minimum absolute atomic E-state index is 0.210. The molecule has 14 heavy (non-hydrogen) atoms. The number of thiazole rings is 1. The summed E-state index contributed by atoms with van der Waals surface area (Å²) in [7, 11) is 0. The lowest BCUT2D eigenvalue weighted by Gasteiger charge is -2.01. The van der Waals surface area contributed by atoms with Gasteiger partial charge in [-0.05, 0) is 31.5 Å². The monoisotopic (exact) mass is 207 g/mol. The van der Waals surface area contributed by atoms with Gasteiger partial charge < -0.3 is 0 Å². The normalized spacial score (nSPS) is 10.5. The molecular weight excluding hydrogens is 197 g/mol. The van der Waals surface area contributed by atoms with Gasteiger partial charge in [0.1, 0.15) is 10.8 Å². The van der Waals surface area contributed by atoms with Crippen LogP contribution in [0.5, 0.6) is 0 Å². The third kappa shape index (κ3) is 1.68. The Balaban J connectivity index is 2.55. The van der Waals surface area contributed by atoms with Crippen LogP contribution in [0.3, 0.4) is 0 Å². The van der Waals surface area contributed by atoms with Gasteiger partial charge in [0, 0.05) is 16.6 Å². The van der Waals surface area contributed by atoms with E-state index in [9.17, 15) is 4.39 Å². The first kappa shape index (κ1) is 9.34. The van der Waals surface area contributed by atoms with Crippen LogP contribution in [0, 0.1) is 19.7 Å². The van der Waals surface area contributed by atoms with Crippen molar-refractivity contribution in [2.24, 2.45) is 0 Å². The third-order valence-corrected chi connectivity index (χ3v) is 3.04. The van der Waals surface area contributed by atoms with Crippen molar-refractivity contribution in [1.82, 2.24) is 4.98 Å². The Hall–Kier alpha value is -1.22. The summed E-state index contributed by atoms with van der Waals surface area (Å²) in [6.07, 6.45) is 0. The van der Waals surface area contributed by atoms with E-state index in [1.54, 1.807) is 17.4 Å². The lowest BCUT2D eigenvalue weighted by atomic mass is 10.1. The second kappa shape index (κ2) is 3.50. The van der Waals surface area contributed by atoms with Gasteiger partial charge in [0.25, 0.3) is 0 Å². The summed E-state index contributed by atoms with van der Waals surface area (Å²) in [5.41, 5.74) is 2.93. The fraction of sp³-hybridized carbons (Fsp3) is 0.182. The molecule has 0 saturated heterocycles. The van der Waals surface area contributed by atoms with Crippen LogP contribution in [0.2, 0.25) is 0 Å². The maximum atomic E-state index is 13.0. The van der Waals surface area contributed by atoms with E-state index in [1.165, 1.54) is 12.1 Å². The molecule has 0 radical (unpaired) electrons. The van der Waals surface area contributed by atoms with Gasteiger partial charge in [-0.1, -0.05) is 6.07 Å². The zero-order chi connectivity index (χ0) is 10.1. The highest BCUT2D eigenvalue weighted by Gasteiger charge is 2.06. The fourth-order valence-corrected chi connectivity index (χ4v) is 2.18. The number of nitrogens with zero attached hydrogens (tertiary/aromatic N) is 1. The molecule has 0 aliphatic rings. The van der Waals surface area contributed by atoms with Gasteiger partial charge in [0.05, 0.1) is 0 Å². The van der Waals surface area contributed by atoms with Crippen LogP contribution in [0.25, 0.3) is 10.6 Å². The summed E-state index contributed by atoms with van der Waals surface area (Å²) in [5, 5.41) is 2.86. The average Bonchev–Trinajstić information content (AvgIpc) is 2.56. The third-order valence-electron chi connectivity index (χ3n) is 2.05. The summed E-state index contributed by atoms with van der Waals surface area (Å²) >= 11 is 1.55.